The van der Waals surface area contributed by atoms with Crippen LogP contribution in [0.4, 0.5) is 5.82 Å². The maximum Gasteiger partial charge on any atom is 0.125 e. The first-order valence-corrected chi connectivity index (χ1v) is 6.04. The van der Waals surface area contributed by atoms with Crippen molar-refractivity contribution in [2.24, 2.45) is 12.8 Å². The van der Waals surface area contributed by atoms with Crippen molar-refractivity contribution in [1.82, 2.24) is 14.8 Å². The molecule has 0 radical (unpaired) electrons. The van der Waals surface area contributed by atoms with E-state index < -0.39 is 0 Å². The molecule has 2 heterocycles. The molecule has 0 saturated carbocycles. The first-order valence-electron chi connectivity index (χ1n) is 5.63. The van der Waals surface area contributed by atoms with Crippen LogP contribution in [0, 0.1) is 0 Å². The number of aromatic nitrogens is 3. The summed E-state index contributed by atoms with van der Waals surface area (Å²) in [6, 6.07) is 5.74. The SMILES string of the molecule is Cn1nccc1CCNc1ccc(C(N)=S)cn1. The Bertz CT molecular complexity index is 532. The number of anilines is 1. The van der Waals surface area contributed by atoms with Crippen LogP contribution >= 0.6 is 12.2 Å². The Morgan fingerprint density at radius 2 is 2.28 bits per heavy atom. The highest BCUT2D eigenvalue weighted by Gasteiger charge is 2.00. The van der Waals surface area contributed by atoms with E-state index in [1.807, 2.05) is 29.9 Å². The summed E-state index contributed by atoms with van der Waals surface area (Å²) in [5.41, 5.74) is 7.47. The number of thiocarbonyl (C=S) groups is 1. The van der Waals surface area contributed by atoms with E-state index in [4.69, 9.17) is 18.0 Å². The van der Waals surface area contributed by atoms with Crippen molar-refractivity contribution in [1.29, 1.82) is 0 Å². The normalized spacial score (nSPS) is 10.3. The Hall–Kier alpha value is -1.95. The van der Waals surface area contributed by atoms with Crippen molar-refractivity contribution in [3.8, 4) is 0 Å². The summed E-state index contributed by atoms with van der Waals surface area (Å²) in [5, 5.41) is 7.36. The zero-order valence-corrected chi connectivity index (χ0v) is 10.9. The van der Waals surface area contributed by atoms with E-state index >= 15 is 0 Å². The van der Waals surface area contributed by atoms with Crippen molar-refractivity contribution in [3.05, 3.63) is 41.9 Å². The second kappa shape index (κ2) is 5.59. The summed E-state index contributed by atoms with van der Waals surface area (Å²) < 4.78 is 1.87. The van der Waals surface area contributed by atoms with Crippen molar-refractivity contribution in [2.75, 3.05) is 11.9 Å². The highest BCUT2D eigenvalue weighted by atomic mass is 32.1. The summed E-state index contributed by atoms with van der Waals surface area (Å²) in [4.78, 5) is 4.60. The fourth-order valence-electron chi connectivity index (χ4n) is 1.61. The largest absolute Gasteiger partial charge is 0.389 e. The van der Waals surface area contributed by atoms with Crippen LogP contribution in [0.2, 0.25) is 0 Å². The molecule has 6 heteroatoms. The molecule has 0 atom stereocenters. The molecule has 0 saturated heterocycles. The van der Waals surface area contributed by atoms with Crippen LogP contribution in [0.15, 0.2) is 30.6 Å². The Labute approximate surface area is 111 Å². The molecular weight excluding hydrogens is 246 g/mol. The molecule has 18 heavy (non-hydrogen) atoms. The van der Waals surface area contributed by atoms with E-state index in [0.29, 0.717) is 4.99 Å². The predicted molar refractivity (Wildman–Crippen MR) is 75.5 cm³/mol. The lowest BCUT2D eigenvalue weighted by molar-refractivity contribution is 0.711. The number of rotatable bonds is 5. The zero-order valence-electron chi connectivity index (χ0n) is 10.1. The standard InChI is InChI=1S/C12H15N5S/c1-17-10(5-7-16-17)4-6-14-11-3-2-9(8-15-11)12(13)18/h2-3,5,7-8H,4,6H2,1H3,(H2,13,18)(H,14,15). The minimum absolute atomic E-state index is 0.365. The molecule has 5 nitrogen and oxygen atoms in total. The minimum Gasteiger partial charge on any atom is -0.389 e. The summed E-state index contributed by atoms with van der Waals surface area (Å²) in [7, 11) is 1.94. The van der Waals surface area contributed by atoms with Crippen LogP contribution in [0.3, 0.4) is 0 Å². The number of aryl methyl sites for hydroxylation is 1. The molecule has 0 spiro atoms. The Kier molecular flexibility index (Phi) is 3.88. The highest BCUT2D eigenvalue weighted by molar-refractivity contribution is 7.80. The molecule has 3 N–H and O–H groups in total. The predicted octanol–water partition coefficient (Wildman–Crippen LogP) is 1.10. The minimum atomic E-state index is 0.365. The topological polar surface area (TPSA) is 68.8 Å². The number of hydrogen-bond acceptors (Lipinski definition) is 4. The van der Waals surface area contributed by atoms with Gasteiger partial charge >= 0.3 is 0 Å². The molecule has 0 aliphatic heterocycles. The van der Waals surface area contributed by atoms with Crippen LogP contribution in [-0.2, 0) is 13.5 Å². The third-order valence-electron chi connectivity index (χ3n) is 2.66. The Morgan fingerprint density at radius 1 is 1.44 bits per heavy atom. The van der Waals surface area contributed by atoms with Gasteiger partial charge in [-0.15, -0.1) is 0 Å². The molecule has 0 unspecified atom stereocenters. The summed E-state index contributed by atoms with van der Waals surface area (Å²) in [5.74, 6) is 0.817. The zero-order chi connectivity index (χ0) is 13.0. The fourth-order valence-corrected chi connectivity index (χ4v) is 1.73. The molecule has 2 aromatic heterocycles. The number of nitrogens with zero attached hydrogens (tertiary/aromatic N) is 3. The molecule has 0 aromatic carbocycles. The molecule has 0 aliphatic carbocycles. The Balaban J connectivity index is 1.87. The first kappa shape index (κ1) is 12.5. The van der Waals surface area contributed by atoms with Gasteiger partial charge in [0.25, 0.3) is 0 Å². The van der Waals surface area contributed by atoms with Gasteiger partial charge in [0, 0.05) is 43.7 Å². The van der Waals surface area contributed by atoms with Gasteiger partial charge in [0.1, 0.15) is 10.8 Å². The van der Waals surface area contributed by atoms with E-state index in [9.17, 15) is 0 Å². The molecule has 2 rings (SSSR count). The molecule has 0 aliphatic rings. The summed E-state index contributed by atoms with van der Waals surface area (Å²) >= 11 is 4.87. The van der Waals surface area contributed by atoms with Gasteiger partial charge in [0.2, 0.25) is 0 Å². The van der Waals surface area contributed by atoms with Crippen molar-refractivity contribution in [2.45, 2.75) is 6.42 Å². The van der Waals surface area contributed by atoms with Crippen molar-refractivity contribution < 1.29 is 0 Å². The lowest BCUT2D eigenvalue weighted by Gasteiger charge is -2.06. The van der Waals surface area contributed by atoms with Crippen LogP contribution < -0.4 is 11.1 Å². The van der Waals surface area contributed by atoms with Gasteiger partial charge in [0.05, 0.1) is 0 Å². The Morgan fingerprint density at radius 3 is 2.83 bits per heavy atom. The molecule has 0 amide bonds. The number of nitrogens with two attached hydrogens (primary N) is 1. The van der Waals surface area contributed by atoms with E-state index in [1.165, 1.54) is 5.69 Å². The van der Waals surface area contributed by atoms with Gasteiger partial charge in [-0.2, -0.15) is 5.10 Å². The smallest absolute Gasteiger partial charge is 0.125 e. The average Bonchev–Trinajstić information content (AvgIpc) is 2.76. The van der Waals surface area contributed by atoms with E-state index in [1.54, 1.807) is 12.4 Å². The quantitative estimate of drug-likeness (QED) is 0.789. The maximum atomic E-state index is 5.51. The second-order valence-electron chi connectivity index (χ2n) is 3.92. The van der Waals surface area contributed by atoms with Gasteiger partial charge in [-0.3, -0.25) is 4.68 Å². The van der Waals surface area contributed by atoms with Gasteiger partial charge in [-0.1, -0.05) is 12.2 Å². The molecule has 94 valence electrons. The maximum absolute atomic E-state index is 5.51. The van der Waals surface area contributed by atoms with Gasteiger partial charge < -0.3 is 11.1 Å². The van der Waals surface area contributed by atoms with Crippen LogP contribution in [0.5, 0.6) is 0 Å². The van der Waals surface area contributed by atoms with Crippen LogP contribution in [0.25, 0.3) is 0 Å². The van der Waals surface area contributed by atoms with E-state index in [-0.39, 0.29) is 0 Å². The van der Waals surface area contributed by atoms with E-state index in [0.717, 1.165) is 24.3 Å². The van der Waals surface area contributed by atoms with Gasteiger partial charge in [0.15, 0.2) is 0 Å². The monoisotopic (exact) mass is 261 g/mol. The molecule has 2 aromatic rings. The number of pyridine rings is 1. The van der Waals surface area contributed by atoms with Crippen LogP contribution in [0.1, 0.15) is 11.3 Å². The number of hydrogen-bond donors (Lipinski definition) is 2. The average molecular weight is 261 g/mol. The third-order valence-corrected chi connectivity index (χ3v) is 2.89. The van der Waals surface area contributed by atoms with E-state index in [2.05, 4.69) is 15.4 Å². The molecule has 0 bridgehead atoms. The first-order chi connectivity index (χ1) is 8.66. The molecule has 0 fully saturated rings. The molecular formula is C12H15N5S. The van der Waals surface area contributed by atoms with Gasteiger partial charge in [-0.25, -0.2) is 4.98 Å². The summed E-state index contributed by atoms with van der Waals surface area (Å²) in [6.07, 6.45) is 4.37. The lowest BCUT2D eigenvalue weighted by atomic mass is 10.3. The van der Waals surface area contributed by atoms with Crippen molar-refractivity contribution >= 4 is 23.0 Å². The number of nitrogens with one attached hydrogen (secondary N) is 1. The van der Waals surface area contributed by atoms with Crippen molar-refractivity contribution in [3.63, 3.8) is 0 Å². The summed E-state index contributed by atoms with van der Waals surface area (Å²) in [6.45, 7) is 0.805. The fraction of sp³-hybridized carbons (Fsp3) is 0.250. The van der Waals surface area contributed by atoms with Crippen LogP contribution in [-0.4, -0.2) is 26.3 Å². The lowest BCUT2D eigenvalue weighted by Crippen LogP contribution is -2.11. The highest BCUT2D eigenvalue weighted by Crippen LogP contribution is 2.05. The third kappa shape index (κ3) is 3.04. The van der Waals surface area contributed by atoms with Gasteiger partial charge in [-0.05, 0) is 18.2 Å². The second-order valence-corrected chi connectivity index (χ2v) is 4.36.